The summed E-state index contributed by atoms with van der Waals surface area (Å²) in [7, 11) is 1.31. The fraction of sp³-hybridized carbons (Fsp3) is 0.429. The molecule has 1 amide bonds. The molecule has 0 aliphatic carbocycles. The van der Waals surface area contributed by atoms with E-state index in [1.165, 1.54) is 13.2 Å². The van der Waals surface area contributed by atoms with Crippen molar-refractivity contribution in [3.8, 4) is 11.1 Å². The van der Waals surface area contributed by atoms with E-state index < -0.39 is 23.7 Å². The van der Waals surface area contributed by atoms with Crippen molar-refractivity contribution in [2.75, 3.05) is 7.11 Å². The van der Waals surface area contributed by atoms with Crippen molar-refractivity contribution in [3.05, 3.63) is 71.6 Å². The molecule has 0 unspecified atom stereocenters. The van der Waals surface area contributed by atoms with Gasteiger partial charge in [0.2, 0.25) is 0 Å². The molecule has 0 bridgehead atoms. The van der Waals surface area contributed by atoms with Gasteiger partial charge >= 0.3 is 12.1 Å². The minimum atomic E-state index is -0.673. The summed E-state index contributed by atoms with van der Waals surface area (Å²) in [6.07, 6.45) is 4.80. The van der Waals surface area contributed by atoms with Crippen molar-refractivity contribution in [2.24, 2.45) is 0 Å². The second kappa shape index (κ2) is 12.4. The highest BCUT2D eigenvalue weighted by Crippen LogP contribution is 2.32. The number of aryl methyl sites for hydroxylation is 2. The van der Waals surface area contributed by atoms with Gasteiger partial charge in [-0.3, -0.25) is 4.79 Å². The van der Waals surface area contributed by atoms with E-state index in [2.05, 4.69) is 11.9 Å². The lowest BCUT2D eigenvalue weighted by atomic mass is 9.90. The standard InChI is InChI=1S/C28H36FNO4/c1-7-8-9-10-12-22-17-23(29)15-19(2)26(22)21-14-11-13-20(16-21)24(18-25(31)33-6)30-27(32)34-28(3,4)5/h7,11,13-17,24H,1,8-10,12,18H2,2-6H3,(H,30,32)/t24-/m0/s1. The zero-order chi connectivity index (χ0) is 25.3. The van der Waals surface area contributed by atoms with Gasteiger partial charge in [0.1, 0.15) is 11.4 Å². The van der Waals surface area contributed by atoms with Crippen LogP contribution in [0, 0.1) is 12.7 Å². The Morgan fingerprint density at radius 2 is 1.91 bits per heavy atom. The number of halogens is 1. The molecular weight excluding hydrogens is 433 g/mol. The molecule has 0 aliphatic rings. The number of carbonyl (C=O) groups is 2. The van der Waals surface area contributed by atoms with Crippen LogP contribution in [0.4, 0.5) is 9.18 Å². The Morgan fingerprint density at radius 3 is 2.56 bits per heavy atom. The van der Waals surface area contributed by atoms with E-state index in [9.17, 15) is 14.0 Å². The molecule has 5 nitrogen and oxygen atoms in total. The zero-order valence-corrected chi connectivity index (χ0v) is 20.9. The summed E-state index contributed by atoms with van der Waals surface area (Å²) in [4.78, 5) is 24.5. The molecular formula is C28H36FNO4. The summed E-state index contributed by atoms with van der Waals surface area (Å²) in [5.74, 6) is -0.710. The van der Waals surface area contributed by atoms with Gasteiger partial charge in [0, 0.05) is 0 Å². The second-order valence-corrected chi connectivity index (χ2v) is 9.40. The number of amides is 1. The normalized spacial score (nSPS) is 12.1. The third-order valence-electron chi connectivity index (χ3n) is 5.35. The molecule has 0 saturated heterocycles. The van der Waals surface area contributed by atoms with Crippen LogP contribution in [0.3, 0.4) is 0 Å². The predicted octanol–water partition coefficient (Wildman–Crippen LogP) is 6.83. The van der Waals surface area contributed by atoms with E-state index in [4.69, 9.17) is 9.47 Å². The summed E-state index contributed by atoms with van der Waals surface area (Å²) >= 11 is 0. The van der Waals surface area contributed by atoms with E-state index in [0.717, 1.165) is 53.5 Å². The van der Waals surface area contributed by atoms with Gasteiger partial charge in [0.15, 0.2) is 0 Å². The first kappa shape index (κ1) is 27.1. The highest BCUT2D eigenvalue weighted by atomic mass is 19.1. The number of unbranched alkanes of at least 4 members (excludes halogenated alkanes) is 2. The third kappa shape index (κ3) is 8.32. The Morgan fingerprint density at radius 1 is 1.18 bits per heavy atom. The molecule has 0 saturated carbocycles. The molecule has 2 aromatic carbocycles. The van der Waals surface area contributed by atoms with Gasteiger partial charge in [-0.25, -0.2) is 9.18 Å². The molecule has 0 aliphatic heterocycles. The summed E-state index contributed by atoms with van der Waals surface area (Å²) in [6, 6.07) is 10.1. The van der Waals surface area contributed by atoms with Gasteiger partial charge in [-0.1, -0.05) is 24.3 Å². The molecule has 1 N–H and O–H groups in total. The van der Waals surface area contributed by atoms with Crippen LogP contribution >= 0.6 is 0 Å². The number of benzene rings is 2. The fourth-order valence-corrected chi connectivity index (χ4v) is 3.89. The molecule has 2 aromatic rings. The molecule has 0 spiro atoms. The van der Waals surface area contributed by atoms with Crippen molar-refractivity contribution in [1.29, 1.82) is 0 Å². The van der Waals surface area contributed by atoms with Crippen LogP contribution < -0.4 is 5.32 Å². The van der Waals surface area contributed by atoms with Gasteiger partial charge in [0.05, 0.1) is 19.6 Å². The molecule has 0 fully saturated rings. The van der Waals surface area contributed by atoms with Crippen molar-refractivity contribution in [2.45, 2.75) is 71.4 Å². The van der Waals surface area contributed by atoms with Crippen LogP contribution in [0.25, 0.3) is 11.1 Å². The van der Waals surface area contributed by atoms with Gasteiger partial charge in [-0.15, -0.1) is 6.58 Å². The number of hydrogen-bond acceptors (Lipinski definition) is 4. The van der Waals surface area contributed by atoms with Gasteiger partial charge in [0.25, 0.3) is 0 Å². The van der Waals surface area contributed by atoms with Crippen molar-refractivity contribution < 1.29 is 23.5 Å². The molecule has 0 heterocycles. The quantitative estimate of drug-likeness (QED) is 0.235. The summed E-state index contributed by atoms with van der Waals surface area (Å²) in [6.45, 7) is 11.0. The summed E-state index contributed by atoms with van der Waals surface area (Å²) in [5.41, 5.74) is 3.69. The number of alkyl carbamates (subject to hydrolysis) is 1. The molecule has 2 rings (SSSR count). The van der Waals surface area contributed by atoms with Crippen LogP contribution in [-0.4, -0.2) is 24.8 Å². The van der Waals surface area contributed by atoms with E-state index in [-0.39, 0.29) is 12.2 Å². The van der Waals surface area contributed by atoms with E-state index >= 15 is 0 Å². The number of allylic oxidation sites excluding steroid dienone is 1. The number of hydrogen-bond donors (Lipinski definition) is 1. The number of nitrogens with one attached hydrogen (secondary N) is 1. The van der Waals surface area contributed by atoms with Crippen LogP contribution in [-0.2, 0) is 20.7 Å². The Hall–Kier alpha value is -3.15. The van der Waals surface area contributed by atoms with Gasteiger partial charge in [-0.2, -0.15) is 0 Å². The molecule has 6 heteroatoms. The molecule has 1 atom stereocenters. The number of ether oxygens (including phenoxy) is 2. The third-order valence-corrected chi connectivity index (χ3v) is 5.35. The minimum absolute atomic E-state index is 0.0456. The maximum absolute atomic E-state index is 14.2. The average molecular weight is 470 g/mol. The Kier molecular flexibility index (Phi) is 9.84. The first-order chi connectivity index (χ1) is 16.0. The van der Waals surface area contributed by atoms with E-state index in [1.807, 2.05) is 37.3 Å². The minimum Gasteiger partial charge on any atom is -0.469 e. The molecule has 184 valence electrons. The summed E-state index contributed by atoms with van der Waals surface area (Å²) < 4.78 is 24.5. The lowest BCUT2D eigenvalue weighted by molar-refractivity contribution is -0.141. The van der Waals surface area contributed by atoms with E-state index in [1.54, 1.807) is 26.8 Å². The van der Waals surface area contributed by atoms with Gasteiger partial charge in [-0.05, 0) is 99.4 Å². The van der Waals surface area contributed by atoms with Crippen LogP contribution in [0.5, 0.6) is 0 Å². The Labute approximate surface area is 202 Å². The highest BCUT2D eigenvalue weighted by Gasteiger charge is 2.23. The summed E-state index contributed by atoms with van der Waals surface area (Å²) in [5, 5.41) is 2.79. The monoisotopic (exact) mass is 469 g/mol. The van der Waals surface area contributed by atoms with E-state index in [0.29, 0.717) is 0 Å². The SMILES string of the molecule is C=CCCCCc1cc(F)cc(C)c1-c1cccc([C@H](CC(=O)OC)NC(=O)OC(C)(C)C)c1. The largest absolute Gasteiger partial charge is 0.469 e. The second-order valence-electron chi connectivity index (χ2n) is 9.40. The Bertz CT molecular complexity index is 1010. The predicted molar refractivity (Wildman–Crippen MR) is 133 cm³/mol. The van der Waals surface area contributed by atoms with Crippen LogP contribution in [0.1, 0.15) is 69.2 Å². The maximum atomic E-state index is 14.2. The first-order valence-electron chi connectivity index (χ1n) is 11.6. The first-order valence-corrected chi connectivity index (χ1v) is 11.6. The average Bonchev–Trinajstić information content (AvgIpc) is 2.74. The molecule has 0 aromatic heterocycles. The molecule has 34 heavy (non-hydrogen) atoms. The number of carbonyl (C=O) groups excluding carboxylic acids is 2. The highest BCUT2D eigenvalue weighted by molar-refractivity contribution is 5.75. The number of rotatable bonds is 10. The van der Waals surface area contributed by atoms with Gasteiger partial charge < -0.3 is 14.8 Å². The van der Waals surface area contributed by atoms with Crippen molar-refractivity contribution in [1.82, 2.24) is 5.32 Å². The van der Waals surface area contributed by atoms with Crippen LogP contribution in [0.2, 0.25) is 0 Å². The fourth-order valence-electron chi connectivity index (χ4n) is 3.89. The van der Waals surface area contributed by atoms with Crippen molar-refractivity contribution >= 4 is 12.1 Å². The van der Waals surface area contributed by atoms with Crippen molar-refractivity contribution in [3.63, 3.8) is 0 Å². The number of esters is 1. The molecule has 0 radical (unpaired) electrons. The number of methoxy groups -OCH3 is 1. The van der Waals surface area contributed by atoms with Crippen LogP contribution in [0.15, 0.2) is 49.1 Å². The zero-order valence-electron chi connectivity index (χ0n) is 20.9. The lowest BCUT2D eigenvalue weighted by Crippen LogP contribution is -2.36. The Balaban J connectivity index is 2.42. The maximum Gasteiger partial charge on any atom is 0.408 e. The lowest BCUT2D eigenvalue weighted by Gasteiger charge is -2.24. The smallest absolute Gasteiger partial charge is 0.408 e. The topological polar surface area (TPSA) is 64.6 Å².